The first-order valence-electron chi connectivity index (χ1n) is 5.45. The van der Waals surface area contributed by atoms with Crippen molar-refractivity contribution in [3.63, 3.8) is 0 Å². The Labute approximate surface area is 98.2 Å². The molecule has 0 radical (unpaired) electrons. The normalized spacial score (nSPS) is 11.7. The molecule has 3 N–H and O–H groups in total. The number of nitrogen functional groups attached to an aromatic ring is 1. The van der Waals surface area contributed by atoms with E-state index in [0.717, 1.165) is 5.69 Å². The predicted molar refractivity (Wildman–Crippen MR) is 60.3 cm³/mol. The number of alkyl halides is 3. The lowest BCUT2D eigenvalue weighted by molar-refractivity contribution is -0.135. The van der Waals surface area contributed by atoms with Gasteiger partial charge in [0.15, 0.2) is 0 Å². The van der Waals surface area contributed by atoms with Crippen LogP contribution >= 0.6 is 0 Å². The molecule has 0 fully saturated rings. The molecule has 1 aromatic heterocycles. The van der Waals surface area contributed by atoms with Gasteiger partial charge in [0.05, 0.1) is 17.6 Å². The Hall–Kier alpha value is -1.30. The maximum Gasteiger partial charge on any atom is 0.389 e. The smallest absolute Gasteiger partial charge is 0.389 e. The predicted octanol–water partition coefficient (Wildman–Crippen LogP) is 2.49. The molecule has 1 rings (SSSR count). The first-order valence-corrected chi connectivity index (χ1v) is 5.45. The lowest BCUT2D eigenvalue weighted by Crippen LogP contribution is -2.16. The molecule has 0 bridgehead atoms. The number of rotatable bonds is 6. The molecular formula is C11H16F3N3. The highest BCUT2D eigenvalue weighted by atomic mass is 19.4. The fourth-order valence-corrected chi connectivity index (χ4v) is 1.33. The van der Waals surface area contributed by atoms with Gasteiger partial charge in [-0.3, -0.25) is 4.98 Å². The molecule has 96 valence electrons. The second kappa shape index (κ2) is 6.44. The van der Waals surface area contributed by atoms with Gasteiger partial charge in [0.1, 0.15) is 0 Å². The second-order valence-corrected chi connectivity index (χ2v) is 3.83. The number of nitrogens with two attached hydrogens (primary N) is 1. The third-order valence-corrected chi connectivity index (χ3v) is 2.22. The lowest BCUT2D eigenvalue weighted by atomic mass is 10.2. The summed E-state index contributed by atoms with van der Waals surface area (Å²) in [6.45, 7) is 1.11. The Morgan fingerprint density at radius 1 is 1.24 bits per heavy atom. The summed E-state index contributed by atoms with van der Waals surface area (Å²) in [5.41, 5.74) is 6.90. The van der Waals surface area contributed by atoms with Crippen molar-refractivity contribution in [1.29, 1.82) is 0 Å². The van der Waals surface area contributed by atoms with Crippen molar-refractivity contribution in [2.45, 2.75) is 32.0 Å². The average Bonchev–Trinajstić information content (AvgIpc) is 2.24. The molecular weight excluding hydrogens is 231 g/mol. The zero-order chi connectivity index (χ0) is 12.7. The summed E-state index contributed by atoms with van der Waals surface area (Å²) in [6.07, 6.45) is -2.53. The molecule has 6 heteroatoms. The van der Waals surface area contributed by atoms with Crippen LogP contribution < -0.4 is 11.1 Å². The minimum absolute atomic E-state index is 0.158. The number of aromatic nitrogens is 1. The number of pyridine rings is 1. The number of anilines is 1. The fourth-order valence-electron chi connectivity index (χ4n) is 1.33. The van der Waals surface area contributed by atoms with Crippen LogP contribution in [0.5, 0.6) is 0 Å². The molecule has 3 nitrogen and oxygen atoms in total. The molecule has 0 atom stereocenters. The highest BCUT2D eigenvalue weighted by Crippen LogP contribution is 2.21. The molecule has 0 spiro atoms. The summed E-state index contributed by atoms with van der Waals surface area (Å²) in [4.78, 5) is 4.07. The van der Waals surface area contributed by atoms with E-state index in [0.29, 0.717) is 25.2 Å². The Bertz CT molecular complexity index is 322. The molecule has 0 amide bonds. The van der Waals surface area contributed by atoms with E-state index in [2.05, 4.69) is 10.3 Å². The summed E-state index contributed by atoms with van der Waals surface area (Å²) in [5, 5.41) is 3.04. The van der Waals surface area contributed by atoms with E-state index in [1.165, 1.54) is 0 Å². The average molecular weight is 247 g/mol. The van der Waals surface area contributed by atoms with Gasteiger partial charge in [0, 0.05) is 13.0 Å². The van der Waals surface area contributed by atoms with Gasteiger partial charge < -0.3 is 11.1 Å². The molecule has 0 aliphatic heterocycles. The van der Waals surface area contributed by atoms with Crippen LogP contribution in [0.1, 0.15) is 25.0 Å². The molecule has 0 aromatic carbocycles. The minimum Gasteiger partial charge on any atom is -0.397 e. The Balaban J connectivity index is 2.07. The molecule has 0 unspecified atom stereocenters. The molecule has 17 heavy (non-hydrogen) atoms. The van der Waals surface area contributed by atoms with E-state index < -0.39 is 12.6 Å². The number of nitrogens with zero attached hydrogens (tertiary/aromatic N) is 1. The minimum atomic E-state index is -4.04. The van der Waals surface area contributed by atoms with Crippen molar-refractivity contribution in [3.05, 3.63) is 24.0 Å². The molecule has 0 aliphatic rings. The highest BCUT2D eigenvalue weighted by molar-refractivity contribution is 5.34. The van der Waals surface area contributed by atoms with Crippen LogP contribution in [0.3, 0.4) is 0 Å². The van der Waals surface area contributed by atoms with Gasteiger partial charge in [-0.25, -0.2) is 0 Å². The molecule has 0 saturated heterocycles. The van der Waals surface area contributed by atoms with E-state index >= 15 is 0 Å². The number of hydrogen-bond donors (Lipinski definition) is 2. The fraction of sp³-hybridized carbons (Fsp3) is 0.545. The van der Waals surface area contributed by atoms with Crippen LogP contribution in [0.4, 0.5) is 18.9 Å². The van der Waals surface area contributed by atoms with Gasteiger partial charge in [-0.1, -0.05) is 0 Å². The second-order valence-electron chi connectivity index (χ2n) is 3.83. The maximum atomic E-state index is 11.8. The molecule has 0 saturated carbocycles. The Kier molecular flexibility index (Phi) is 5.21. The zero-order valence-electron chi connectivity index (χ0n) is 9.43. The monoisotopic (exact) mass is 247 g/mol. The van der Waals surface area contributed by atoms with Crippen molar-refractivity contribution in [3.8, 4) is 0 Å². The van der Waals surface area contributed by atoms with Crippen molar-refractivity contribution >= 4 is 5.69 Å². The lowest BCUT2D eigenvalue weighted by Gasteiger charge is -2.06. The summed E-state index contributed by atoms with van der Waals surface area (Å²) >= 11 is 0. The summed E-state index contributed by atoms with van der Waals surface area (Å²) in [5.74, 6) is 0. The first-order chi connectivity index (χ1) is 7.97. The largest absolute Gasteiger partial charge is 0.397 e. The van der Waals surface area contributed by atoms with Gasteiger partial charge in [-0.2, -0.15) is 13.2 Å². The number of halogens is 3. The van der Waals surface area contributed by atoms with Crippen LogP contribution in [0.15, 0.2) is 18.3 Å². The third kappa shape index (κ3) is 6.78. The standard InChI is InChI=1S/C11H16F3N3/c12-11(13,14)5-1-2-6-16-8-10-4-3-9(15)7-17-10/h3-4,7,16H,1-2,5-6,8,15H2. The van der Waals surface area contributed by atoms with E-state index in [9.17, 15) is 13.2 Å². The van der Waals surface area contributed by atoms with Crippen LogP contribution in [-0.2, 0) is 6.54 Å². The van der Waals surface area contributed by atoms with Crippen LogP contribution in [-0.4, -0.2) is 17.7 Å². The van der Waals surface area contributed by atoms with Crippen molar-refractivity contribution < 1.29 is 13.2 Å². The number of nitrogens with one attached hydrogen (secondary N) is 1. The van der Waals surface area contributed by atoms with E-state index in [1.807, 2.05) is 0 Å². The van der Waals surface area contributed by atoms with Crippen molar-refractivity contribution in [2.24, 2.45) is 0 Å². The SMILES string of the molecule is Nc1ccc(CNCCCCC(F)(F)F)nc1. The van der Waals surface area contributed by atoms with Gasteiger partial charge in [0.2, 0.25) is 0 Å². The van der Waals surface area contributed by atoms with Crippen LogP contribution in [0.25, 0.3) is 0 Å². The van der Waals surface area contributed by atoms with Crippen LogP contribution in [0.2, 0.25) is 0 Å². The molecule has 1 heterocycles. The van der Waals surface area contributed by atoms with Crippen molar-refractivity contribution in [1.82, 2.24) is 10.3 Å². The third-order valence-electron chi connectivity index (χ3n) is 2.22. The number of hydrogen-bond acceptors (Lipinski definition) is 3. The van der Waals surface area contributed by atoms with Gasteiger partial charge >= 0.3 is 6.18 Å². The van der Waals surface area contributed by atoms with Gasteiger partial charge in [-0.05, 0) is 31.5 Å². The molecule has 1 aromatic rings. The highest BCUT2D eigenvalue weighted by Gasteiger charge is 2.25. The summed E-state index contributed by atoms with van der Waals surface area (Å²) in [7, 11) is 0. The Morgan fingerprint density at radius 3 is 2.59 bits per heavy atom. The Morgan fingerprint density at radius 2 is 2.00 bits per heavy atom. The zero-order valence-corrected chi connectivity index (χ0v) is 9.43. The topological polar surface area (TPSA) is 50.9 Å². The van der Waals surface area contributed by atoms with Gasteiger partial charge in [0.25, 0.3) is 0 Å². The van der Waals surface area contributed by atoms with E-state index in [-0.39, 0.29) is 6.42 Å². The quantitative estimate of drug-likeness (QED) is 0.759. The summed E-state index contributed by atoms with van der Waals surface area (Å²) in [6, 6.07) is 3.53. The van der Waals surface area contributed by atoms with Crippen molar-refractivity contribution in [2.75, 3.05) is 12.3 Å². The maximum absolute atomic E-state index is 11.8. The van der Waals surface area contributed by atoms with E-state index in [4.69, 9.17) is 5.73 Å². The molecule has 0 aliphatic carbocycles. The van der Waals surface area contributed by atoms with Crippen LogP contribution in [0, 0.1) is 0 Å². The van der Waals surface area contributed by atoms with E-state index in [1.54, 1.807) is 18.3 Å². The summed E-state index contributed by atoms with van der Waals surface area (Å²) < 4.78 is 35.5. The van der Waals surface area contributed by atoms with Gasteiger partial charge in [-0.15, -0.1) is 0 Å². The first kappa shape index (κ1) is 13.8. The number of unbranched alkanes of at least 4 members (excludes halogenated alkanes) is 1.